The molecule has 6 nitrogen and oxygen atoms in total. The molecular formula is C24H15F3N2O4. The van der Waals surface area contributed by atoms with Gasteiger partial charge in [-0.15, -0.1) is 0 Å². The zero-order chi connectivity index (χ0) is 23.8. The third-order valence-electron chi connectivity index (χ3n) is 5.12. The zero-order valence-corrected chi connectivity index (χ0v) is 16.8. The Kier molecular flexibility index (Phi) is 5.55. The second-order valence-electron chi connectivity index (χ2n) is 7.22. The molecule has 0 aliphatic carbocycles. The van der Waals surface area contributed by atoms with E-state index in [1.54, 1.807) is 30.3 Å². The normalized spacial score (nSPS) is 14.1. The predicted octanol–water partition coefficient (Wildman–Crippen LogP) is 4.19. The lowest BCUT2D eigenvalue weighted by Gasteiger charge is -2.24. The van der Waals surface area contributed by atoms with Crippen molar-refractivity contribution < 1.29 is 32.3 Å². The molecule has 0 spiro atoms. The van der Waals surface area contributed by atoms with Crippen molar-refractivity contribution in [3.63, 3.8) is 0 Å². The lowest BCUT2D eigenvalue weighted by atomic mass is 10.0. The Bertz CT molecular complexity index is 1220. The van der Waals surface area contributed by atoms with E-state index in [-0.39, 0.29) is 22.4 Å². The van der Waals surface area contributed by atoms with E-state index in [4.69, 9.17) is 0 Å². The number of hydrogen-bond donors (Lipinski definition) is 1. The second kappa shape index (κ2) is 8.34. The van der Waals surface area contributed by atoms with Gasteiger partial charge in [-0.1, -0.05) is 42.5 Å². The highest BCUT2D eigenvalue weighted by atomic mass is 19.4. The number of carbonyl (C=O) groups excluding carboxylic acids is 4. The van der Waals surface area contributed by atoms with Gasteiger partial charge >= 0.3 is 6.18 Å². The minimum atomic E-state index is -4.56. The largest absolute Gasteiger partial charge is 0.416 e. The number of Topliss-reactive ketones (excluding diaryl/α,β-unsaturated/α-hetero) is 1. The second-order valence-corrected chi connectivity index (χ2v) is 7.22. The number of nitrogens with one attached hydrogen (secondary N) is 1. The van der Waals surface area contributed by atoms with Crippen molar-refractivity contribution in [1.82, 2.24) is 4.90 Å². The molecule has 33 heavy (non-hydrogen) atoms. The van der Waals surface area contributed by atoms with Crippen LogP contribution >= 0.6 is 0 Å². The molecule has 0 radical (unpaired) electrons. The number of nitrogens with zero attached hydrogens (tertiary/aromatic N) is 1. The molecule has 1 aliphatic rings. The number of hydrogen-bond acceptors (Lipinski definition) is 4. The summed E-state index contributed by atoms with van der Waals surface area (Å²) in [4.78, 5) is 52.8. The average molecular weight is 452 g/mol. The highest BCUT2D eigenvalue weighted by Gasteiger charge is 2.46. The monoisotopic (exact) mass is 452 g/mol. The van der Waals surface area contributed by atoms with Crippen molar-refractivity contribution in [2.24, 2.45) is 0 Å². The minimum Gasteiger partial charge on any atom is -0.324 e. The number of rotatable bonds is 5. The Morgan fingerprint density at radius 2 is 1.27 bits per heavy atom. The van der Waals surface area contributed by atoms with Gasteiger partial charge in [-0.05, 0) is 36.4 Å². The van der Waals surface area contributed by atoms with E-state index < -0.39 is 41.3 Å². The Labute approximate surface area is 185 Å². The van der Waals surface area contributed by atoms with Crippen LogP contribution < -0.4 is 5.32 Å². The summed E-state index contributed by atoms with van der Waals surface area (Å²) >= 11 is 0. The van der Waals surface area contributed by atoms with Crippen molar-refractivity contribution in [2.75, 3.05) is 5.32 Å². The number of benzene rings is 3. The number of ketones is 1. The predicted molar refractivity (Wildman–Crippen MR) is 112 cm³/mol. The summed E-state index contributed by atoms with van der Waals surface area (Å²) in [7, 11) is 0. The van der Waals surface area contributed by atoms with Gasteiger partial charge in [-0.25, -0.2) is 0 Å². The van der Waals surface area contributed by atoms with Crippen molar-refractivity contribution in [3.8, 4) is 0 Å². The molecule has 166 valence electrons. The first-order valence-electron chi connectivity index (χ1n) is 9.73. The third-order valence-corrected chi connectivity index (χ3v) is 5.12. The number of fused-ring (bicyclic) bond motifs is 1. The maximum absolute atomic E-state index is 13.2. The average Bonchev–Trinajstić information content (AvgIpc) is 3.05. The third kappa shape index (κ3) is 4.12. The standard InChI is InChI=1S/C24H15F3N2O4/c25-24(26,27)15-10-12-16(13-11-15)28-21(31)19(20(30)14-6-2-1-3-7-14)29-22(32)17-8-4-5-9-18(17)23(29)33/h1-13,19H,(H,28,31). The number of halogens is 3. The molecule has 3 aromatic rings. The highest BCUT2D eigenvalue weighted by Crippen LogP contribution is 2.30. The molecule has 1 atom stereocenters. The van der Waals surface area contributed by atoms with Crippen molar-refractivity contribution >= 4 is 29.2 Å². The molecule has 0 bridgehead atoms. The van der Waals surface area contributed by atoms with Crippen LogP contribution in [-0.4, -0.2) is 34.4 Å². The quantitative estimate of drug-likeness (QED) is 0.358. The number of amides is 3. The maximum atomic E-state index is 13.2. The lowest BCUT2D eigenvalue weighted by molar-refractivity contribution is -0.137. The van der Waals surface area contributed by atoms with Crippen LogP contribution in [0.1, 0.15) is 36.6 Å². The van der Waals surface area contributed by atoms with E-state index in [2.05, 4.69) is 5.32 Å². The van der Waals surface area contributed by atoms with Crippen LogP contribution in [0.2, 0.25) is 0 Å². The molecule has 1 aliphatic heterocycles. The molecule has 0 saturated carbocycles. The zero-order valence-electron chi connectivity index (χ0n) is 16.8. The first kappa shape index (κ1) is 21.9. The fourth-order valence-corrected chi connectivity index (χ4v) is 3.51. The van der Waals surface area contributed by atoms with Crippen LogP contribution in [-0.2, 0) is 11.0 Å². The first-order chi connectivity index (χ1) is 15.7. The van der Waals surface area contributed by atoms with Gasteiger partial charge in [0.2, 0.25) is 0 Å². The number of carbonyl (C=O) groups is 4. The molecule has 1 heterocycles. The maximum Gasteiger partial charge on any atom is 0.416 e. The fraction of sp³-hybridized carbons (Fsp3) is 0.0833. The molecule has 0 aromatic heterocycles. The van der Waals surface area contributed by atoms with Crippen LogP contribution in [0.5, 0.6) is 0 Å². The summed E-state index contributed by atoms with van der Waals surface area (Å²) in [5, 5.41) is 2.34. The summed E-state index contributed by atoms with van der Waals surface area (Å²) in [5.74, 6) is -3.47. The summed E-state index contributed by atoms with van der Waals surface area (Å²) < 4.78 is 38.4. The van der Waals surface area contributed by atoms with Crippen LogP contribution in [0, 0.1) is 0 Å². The van der Waals surface area contributed by atoms with Gasteiger partial charge in [-0.2, -0.15) is 13.2 Å². The topological polar surface area (TPSA) is 83.6 Å². The van der Waals surface area contributed by atoms with Gasteiger partial charge in [-0.3, -0.25) is 24.1 Å². The Morgan fingerprint density at radius 1 is 0.758 bits per heavy atom. The van der Waals surface area contributed by atoms with Gasteiger partial charge < -0.3 is 5.32 Å². The van der Waals surface area contributed by atoms with Crippen molar-refractivity contribution in [2.45, 2.75) is 12.2 Å². The Morgan fingerprint density at radius 3 is 1.79 bits per heavy atom. The summed E-state index contributed by atoms with van der Waals surface area (Å²) in [5.41, 5.74) is -0.763. The number of alkyl halides is 3. The molecule has 1 N–H and O–H groups in total. The van der Waals surface area contributed by atoms with Crippen molar-refractivity contribution in [1.29, 1.82) is 0 Å². The summed E-state index contributed by atoms with van der Waals surface area (Å²) in [6, 6.07) is 15.3. The molecule has 0 saturated heterocycles. The Balaban J connectivity index is 1.69. The molecule has 4 rings (SSSR count). The number of imide groups is 1. The summed E-state index contributed by atoms with van der Waals surface area (Å²) in [6.45, 7) is 0. The summed E-state index contributed by atoms with van der Waals surface area (Å²) in [6.07, 6.45) is -4.56. The van der Waals surface area contributed by atoms with Gasteiger partial charge in [0.15, 0.2) is 11.8 Å². The van der Waals surface area contributed by atoms with Crippen LogP contribution in [0.3, 0.4) is 0 Å². The molecule has 9 heteroatoms. The van der Waals surface area contributed by atoms with E-state index >= 15 is 0 Å². The van der Waals surface area contributed by atoms with Crippen LogP contribution in [0.15, 0.2) is 78.9 Å². The van der Waals surface area contributed by atoms with Gasteiger partial charge in [0.1, 0.15) is 0 Å². The van der Waals surface area contributed by atoms with Crippen molar-refractivity contribution in [3.05, 3.63) is 101 Å². The van der Waals surface area contributed by atoms with E-state index in [0.29, 0.717) is 4.90 Å². The van der Waals surface area contributed by atoms with Gasteiger partial charge in [0.25, 0.3) is 17.7 Å². The molecule has 3 amide bonds. The first-order valence-corrected chi connectivity index (χ1v) is 9.73. The lowest BCUT2D eigenvalue weighted by Crippen LogP contribution is -2.51. The van der Waals surface area contributed by atoms with Crippen LogP contribution in [0.4, 0.5) is 18.9 Å². The molecule has 1 unspecified atom stereocenters. The Hall–Kier alpha value is -4.27. The van der Waals surface area contributed by atoms with E-state index in [9.17, 15) is 32.3 Å². The molecule has 0 fully saturated rings. The van der Waals surface area contributed by atoms with Gasteiger partial charge in [0, 0.05) is 11.3 Å². The fourth-order valence-electron chi connectivity index (χ4n) is 3.51. The highest BCUT2D eigenvalue weighted by molar-refractivity contribution is 6.28. The van der Waals surface area contributed by atoms with Gasteiger partial charge in [0.05, 0.1) is 16.7 Å². The van der Waals surface area contributed by atoms with Crippen LogP contribution in [0.25, 0.3) is 0 Å². The van der Waals surface area contributed by atoms with E-state index in [1.165, 1.54) is 24.3 Å². The SMILES string of the molecule is O=C(Nc1ccc(C(F)(F)F)cc1)C(C(=O)c1ccccc1)N1C(=O)c2ccccc2C1=O. The van der Waals surface area contributed by atoms with E-state index in [1.807, 2.05) is 0 Å². The minimum absolute atomic E-state index is 0.0320. The smallest absolute Gasteiger partial charge is 0.324 e. The van der Waals surface area contributed by atoms with E-state index in [0.717, 1.165) is 24.3 Å². The molecular weight excluding hydrogens is 437 g/mol. The molecule has 3 aromatic carbocycles. The number of anilines is 1.